The zero-order chi connectivity index (χ0) is 13.8. The van der Waals surface area contributed by atoms with Crippen LogP contribution in [0.15, 0.2) is 23.9 Å². The first-order valence-electron chi connectivity index (χ1n) is 6.53. The van der Waals surface area contributed by atoms with Gasteiger partial charge >= 0.3 is 0 Å². The Morgan fingerprint density at radius 3 is 2.95 bits per heavy atom. The highest BCUT2D eigenvalue weighted by Gasteiger charge is 2.29. The Morgan fingerprint density at radius 1 is 1.30 bits per heavy atom. The van der Waals surface area contributed by atoms with Crippen LogP contribution in [0.3, 0.4) is 0 Å². The fourth-order valence-corrected chi connectivity index (χ4v) is 2.75. The van der Waals surface area contributed by atoms with E-state index in [1.54, 1.807) is 18.1 Å². The lowest BCUT2D eigenvalue weighted by atomic mass is 9.80. The molecule has 0 spiro atoms. The number of aliphatic hydroxyl groups excluding tert-OH is 1. The molecule has 1 fully saturated rings. The lowest BCUT2D eigenvalue weighted by Crippen LogP contribution is -2.27. The summed E-state index contributed by atoms with van der Waals surface area (Å²) in [7, 11) is 0. The van der Waals surface area contributed by atoms with Gasteiger partial charge in [0.25, 0.3) is 0 Å². The van der Waals surface area contributed by atoms with E-state index in [1.807, 2.05) is 6.07 Å². The minimum Gasteiger partial charge on any atom is -0.393 e. The molecule has 8 heteroatoms. The van der Waals surface area contributed by atoms with Gasteiger partial charge in [-0.15, -0.1) is 0 Å². The minimum absolute atomic E-state index is 0.162. The zero-order valence-corrected chi connectivity index (χ0v) is 11.7. The Bertz CT molecular complexity index is 543. The summed E-state index contributed by atoms with van der Waals surface area (Å²) in [5.74, 6) is 2.07. The third-order valence-electron chi connectivity index (χ3n) is 3.26. The monoisotopic (exact) mass is 292 g/mol. The summed E-state index contributed by atoms with van der Waals surface area (Å²) >= 11 is 1.60. The van der Waals surface area contributed by atoms with Crippen LogP contribution < -0.4 is 5.32 Å². The molecule has 1 aliphatic carbocycles. The number of thioether (sulfide) groups is 1. The number of H-pyrrole nitrogens is 1. The topological polar surface area (TPSA) is 99.6 Å². The van der Waals surface area contributed by atoms with Crippen LogP contribution in [-0.2, 0) is 0 Å². The third kappa shape index (κ3) is 3.26. The molecule has 20 heavy (non-hydrogen) atoms. The van der Waals surface area contributed by atoms with Gasteiger partial charge in [0.2, 0.25) is 0 Å². The van der Waals surface area contributed by atoms with E-state index in [1.165, 1.54) is 6.33 Å². The summed E-state index contributed by atoms with van der Waals surface area (Å²) in [5.41, 5.74) is 1.01. The van der Waals surface area contributed by atoms with Crippen LogP contribution >= 0.6 is 11.8 Å². The number of hydrogen-bond donors (Lipinski definition) is 3. The van der Waals surface area contributed by atoms with Gasteiger partial charge in [-0.25, -0.2) is 15.0 Å². The first-order valence-corrected chi connectivity index (χ1v) is 7.52. The van der Waals surface area contributed by atoms with E-state index in [9.17, 15) is 5.11 Å². The van der Waals surface area contributed by atoms with E-state index in [-0.39, 0.29) is 6.10 Å². The minimum atomic E-state index is -0.162. The van der Waals surface area contributed by atoms with Crippen molar-refractivity contribution < 1.29 is 5.11 Å². The second-order valence-electron chi connectivity index (χ2n) is 4.72. The third-order valence-corrected chi connectivity index (χ3v) is 4.14. The Kier molecular flexibility index (Phi) is 4.12. The number of anilines is 1. The molecule has 2 aromatic heterocycles. The summed E-state index contributed by atoms with van der Waals surface area (Å²) in [4.78, 5) is 12.5. The maximum Gasteiger partial charge on any atom is 0.183 e. The van der Waals surface area contributed by atoms with Crippen LogP contribution in [0.25, 0.3) is 0 Å². The molecule has 1 aliphatic rings. The number of nitrogens with one attached hydrogen (secondary N) is 2. The van der Waals surface area contributed by atoms with Crippen molar-refractivity contribution in [3.8, 4) is 0 Å². The molecule has 0 aromatic carbocycles. The number of hydrogen-bond acceptors (Lipinski definition) is 7. The molecule has 106 valence electrons. The smallest absolute Gasteiger partial charge is 0.183 e. The fourth-order valence-electron chi connectivity index (χ4n) is 2.11. The fraction of sp³-hybridized carbons (Fsp3) is 0.500. The molecular weight excluding hydrogens is 276 g/mol. The van der Waals surface area contributed by atoms with Crippen molar-refractivity contribution in [3.63, 3.8) is 0 Å². The maximum atomic E-state index is 9.34. The number of aromatic nitrogens is 5. The normalized spacial score (nSPS) is 21.4. The van der Waals surface area contributed by atoms with Crippen molar-refractivity contribution in [2.75, 3.05) is 17.6 Å². The van der Waals surface area contributed by atoms with Crippen molar-refractivity contribution in [2.24, 2.45) is 0 Å². The van der Waals surface area contributed by atoms with Crippen LogP contribution in [0.2, 0.25) is 0 Å². The molecular formula is C12H16N6OS. The molecule has 0 atom stereocenters. The van der Waals surface area contributed by atoms with E-state index >= 15 is 0 Å². The van der Waals surface area contributed by atoms with Crippen LogP contribution in [0.1, 0.15) is 24.5 Å². The van der Waals surface area contributed by atoms with Gasteiger partial charge in [-0.1, -0.05) is 11.8 Å². The lowest BCUT2D eigenvalue weighted by molar-refractivity contribution is 0.0732. The van der Waals surface area contributed by atoms with E-state index in [2.05, 4.69) is 30.5 Å². The average Bonchev–Trinajstić information content (AvgIpc) is 2.94. The predicted octanol–water partition coefficient (Wildman–Crippen LogP) is 1.04. The van der Waals surface area contributed by atoms with E-state index in [4.69, 9.17) is 0 Å². The highest BCUT2D eigenvalue weighted by molar-refractivity contribution is 7.99. The Balaban J connectivity index is 1.46. The second kappa shape index (κ2) is 6.19. The summed E-state index contributed by atoms with van der Waals surface area (Å²) in [6.07, 6.45) is 4.52. The van der Waals surface area contributed by atoms with E-state index in [0.717, 1.165) is 41.8 Å². The van der Waals surface area contributed by atoms with Gasteiger partial charge in [-0.3, -0.25) is 5.10 Å². The number of aliphatic hydroxyl groups is 1. The van der Waals surface area contributed by atoms with Gasteiger partial charge in [-0.05, 0) is 12.8 Å². The molecule has 0 radical (unpaired) electrons. The van der Waals surface area contributed by atoms with Crippen LogP contribution in [0, 0.1) is 0 Å². The van der Waals surface area contributed by atoms with Crippen molar-refractivity contribution in [2.45, 2.75) is 30.0 Å². The average molecular weight is 292 g/mol. The van der Waals surface area contributed by atoms with Gasteiger partial charge in [0, 0.05) is 30.0 Å². The quantitative estimate of drug-likeness (QED) is 0.540. The summed E-state index contributed by atoms with van der Waals surface area (Å²) < 4.78 is 0. The SMILES string of the molecule is OC1CC(c2cc(NCCSc3ncn[nH]3)ncn2)C1. The standard InChI is InChI=1S/C12H16N6OS/c19-9-3-8(4-9)10-5-11(15-6-14-10)13-1-2-20-12-16-7-17-18-12/h5-9,19H,1-4H2,(H,13,14,15)(H,16,17,18). The van der Waals surface area contributed by atoms with Gasteiger partial charge in [0.05, 0.1) is 6.10 Å². The first-order chi connectivity index (χ1) is 9.81. The molecule has 2 aromatic rings. The van der Waals surface area contributed by atoms with Gasteiger partial charge in [0.1, 0.15) is 18.5 Å². The molecule has 7 nitrogen and oxygen atoms in total. The van der Waals surface area contributed by atoms with Gasteiger partial charge in [0.15, 0.2) is 5.16 Å². The first kappa shape index (κ1) is 13.3. The van der Waals surface area contributed by atoms with Crippen LogP contribution in [-0.4, -0.2) is 48.7 Å². The number of nitrogens with zero attached hydrogens (tertiary/aromatic N) is 4. The van der Waals surface area contributed by atoms with Crippen LogP contribution in [0.4, 0.5) is 5.82 Å². The number of rotatable bonds is 6. The maximum absolute atomic E-state index is 9.34. The molecule has 3 N–H and O–H groups in total. The van der Waals surface area contributed by atoms with Crippen molar-refractivity contribution in [1.82, 2.24) is 25.1 Å². The summed E-state index contributed by atoms with van der Waals surface area (Å²) in [6.45, 7) is 0.787. The van der Waals surface area contributed by atoms with Gasteiger partial charge < -0.3 is 10.4 Å². The van der Waals surface area contributed by atoms with Gasteiger partial charge in [-0.2, -0.15) is 5.10 Å². The summed E-state index contributed by atoms with van der Waals surface area (Å²) in [6, 6.07) is 1.97. The number of aromatic amines is 1. The van der Waals surface area contributed by atoms with E-state index in [0.29, 0.717) is 5.92 Å². The highest BCUT2D eigenvalue weighted by atomic mass is 32.2. The lowest BCUT2D eigenvalue weighted by Gasteiger charge is -2.30. The van der Waals surface area contributed by atoms with E-state index < -0.39 is 0 Å². The Labute approximate surface area is 120 Å². The molecule has 0 saturated heterocycles. The zero-order valence-electron chi connectivity index (χ0n) is 10.9. The summed E-state index contributed by atoms with van der Waals surface area (Å²) in [5, 5.41) is 20.0. The molecule has 0 unspecified atom stereocenters. The second-order valence-corrected chi connectivity index (χ2v) is 5.80. The molecule has 3 rings (SSSR count). The Hall–Kier alpha value is -1.67. The predicted molar refractivity (Wildman–Crippen MR) is 75.6 cm³/mol. The highest BCUT2D eigenvalue weighted by Crippen LogP contribution is 2.35. The van der Waals surface area contributed by atoms with Crippen molar-refractivity contribution in [3.05, 3.63) is 24.4 Å². The van der Waals surface area contributed by atoms with Crippen molar-refractivity contribution in [1.29, 1.82) is 0 Å². The molecule has 2 heterocycles. The molecule has 0 aliphatic heterocycles. The van der Waals surface area contributed by atoms with Crippen molar-refractivity contribution >= 4 is 17.6 Å². The molecule has 1 saturated carbocycles. The largest absolute Gasteiger partial charge is 0.393 e. The van der Waals surface area contributed by atoms with Crippen LogP contribution in [0.5, 0.6) is 0 Å². The molecule has 0 bridgehead atoms. The Morgan fingerprint density at radius 2 is 2.20 bits per heavy atom. The molecule has 0 amide bonds.